The molecule has 142 valence electrons. The van der Waals surface area contributed by atoms with E-state index in [1.165, 1.54) is 17.0 Å². The van der Waals surface area contributed by atoms with E-state index in [0.717, 1.165) is 37.0 Å². The van der Waals surface area contributed by atoms with Crippen molar-refractivity contribution in [3.8, 4) is 0 Å². The van der Waals surface area contributed by atoms with Crippen molar-refractivity contribution in [2.24, 2.45) is 0 Å². The molecule has 0 spiro atoms. The maximum absolute atomic E-state index is 13.2. The zero-order valence-electron chi connectivity index (χ0n) is 14.8. The van der Waals surface area contributed by atoms with Crippen LogP contribution in [0.4, 0.5) is 24.5 Å². The first-order chi connectivity index (χ1) is 12.9. The lowest BCUT2D eigenvalue weighted by atomic mass is 10.0. The summed E-state index contributed by atoms with van der Waals surface area (Å²) in [4.78, 5) is 26.3. The van der Waals surface area contributed by atoms with Gasteiger partial charge in [0.1, 0.15) is 5.78 Å². The monoisotopic (exact) mass is 375 g/mol. The fourth-order valence-corrected chi connectivity index (χ4v) is 3.33. The number of nitrogens with zero attached hydrogens (tertiary/aromatic N) is 1. The van der Waals surface area contributed by atoms with Crippen LogP contribution >= 0.6 is 0 Å². The van der Waals surface area contributed by atoms with Crippen LogP contribution in [0.1, 0.15) is 43.2 Å². The van der Waals surface area contributed by atoms with Gasteiger partial charge in [0.15, 0.2) is 0 Å². The van der Waals surface area contributed by atoms with Gasteiger partial charge in [-0.2, -0.15) is 13.2 Å². The summed E-state index contributed by atoms with van der Waals surface area (Å²) >= 11 is 0. The predicted molar refractivity (Wildman–Crippen MR) is 96.8 cm³/mol. The summed E-state index contributed by atoms with van der Waals surface area (Å²) in [6.45, 7) is 0. The number of aryl methyl sites for hydroxylation is 1. The molecule has 3 rings (SSSR count). The van der Waals surface area contributed by atoms with Crippen molar-refractivity contribution >= 4 is 23.1 Å². The first-order valence-electron chi connectivity index (χ1n) is 8.96. The fourth-order valence-electron chi connectivity index (χ4n) is 3.33. The highest BCUT2D eigenvalue weighted by Crippen LogP contribution is 2.36. The number of benzene rings is 2. The second-order valence-corrected chi connectivity index (χ2v) is 6.68. The van der Waals surface area contributed by atoms with E-state index in [9.17, 15) is 22.8 Å². The van der Waals surface area contributed by atoms with Gasteiger partial charge in [0, 0.05) is 12.1 Å². The van der Waals surface area contributed by atoms with Gasteiger partial charge < -0.3 is 0 Å². The summed E-state index contributed by atoms with van der Waals surface area (Å²) < 4.78 is 39.5. The highest BCUT2D eigenvalue weighted by Gasteiger charge is 2.32. The molecule has 1 amide bonds. The van der Waals surface area contributed by atoms with E-state index in [-0.39, 0.29) is 17.9 Å². The Morgan fingerprint density at radius 3 is 2.37 bits per heavy atom. The summed E-state index contributed by atoms with van der Waals surface area (Å²) in [7, 11) is 0. The van der Waals surface area contributed by atoms with E-state index in [4.69, 9.17) is 0 Å². The van der Waals surface area contributed by atoms with Gasteiger partial charge in [0.05, 0.1) is 17.7 Å². The van der Waals surface area contributed by atoms with Gasteiger partial charge >= 0.3 is 6.18 Å². The number of alkyl halides is 3. The average molecular weight is 375 g/mol. The van der Waals surface area contributed by atoms with Crippen LogP contribution in [-0.4, -0.2) is 11.7 Å². The number of carbonyl (C=O) groups excluding carboxylic acids is 2. The number of halogens is 3. The van der Waals surface area contributed by atoms with Gasteiger partial charge in [-0.25, -0.2) is 0 Å². The van der Waals surface area contributed by atoms with Gasteiger partial charge in [-0.1, -0.05) is 30.7 Å². The summed E-state index contributed by atoms with van der Waals surface area (Å²) in [5.74, 6) is -0.690. The first-order valence-corrected chi connectivity index (χ1v) is 8.96. The molecule has 0 radical (unpaired) electrons. The third kappa shape index (κ3) is 4.56. The van der Waals surface area contributed by atoms with Crippen LogP contribution in [0.15, 0.2) is 48.5 Å². The summed E-state index contributed by atoms with van der Waals surface area (Å²) in [5, 5.41) is 0. The minimum Gasteiger partial charge on any atom is -0.299 e. The van der Waals surface area contributed by atoms with E-state index >= 15 is 0 Å². The van der Waals surface area contributed by atoms with Crippen molar-refractivity contribution in [3.05, 3.63) is 59.7 Å². The number of rotatable bonds is 1. The summed E-state index contributed by atoms with van der Waals surface area (Å²) in [5.41, 5.74) is 0.717. The van der Waals surface area contributed by atoms with Crippen LogP contribution in [0.3, 0.4) is 0 Å². The number of carbonyl (C=O) groups is 2. The van der Waals surface area contributed by atoms with Gasteiger partial charge in [-0.3, -0.25) is 14.5 Å². The Bertz CT molecular complexity index is 845. The Hall–Kier alpha value is -2.63. The van der Waals surface area contributed by atoms with Crippen molar-refractivity contribution < 1.29 is 22.8 Å². The largest absolute Gasteiger partial charge is 0.416 e. The lowest BCUT2D eigenvalue weighted by molar-refractivity contribution is -0.137. The fraction of sp³-hybridized carbons (Fsp3) is 0.333. The van der Waals surface area contributed by atoms with Crippen LogP contribution in [-0.2, 0) is 22.2 Å². The van der Waals surface area contributed by atoms with Crippen LogP contribution in [0.5, 0.6) is 0 Å². The molecule has 1 aliphatic heterocycles. The number of fused-ring (bicyclic) bond motifs is 1. The average Bonchev–Trinajstić information content (AvgIpc) is 2.64. The zero-order chi connectivity index (χ0) is 19.4. The minimum absolute atomic E-state index is 0.120. The summed E-state index contributed by atoms with van der Waals surface area (Å²) in [6.07, 6.45) is -1.36. The molecular formula is C21H20F3NO2. The molecule has 2 aromatic rings. The highest BCUT2D eigenvalue weighted by molar-refractivity contribution is 6.10. The van der Waals surface area contributed by atoms with Gasteiger partial charge in [-0.15, -0.1) is 0 Å². The third-order valence-electron chi connectivity index (χ3n) is 4.66. The van der Waals surface area contributed by atoms with E-state index in [1.54, 1.807) is 12.1 Å². The van der Waals surface area contributed by atoms with E-state index < -0.39 is 17.6 Å². The number of Topliss-reactive ketones (excluding diaryl/α,β-unsaturated/α-hetero) is 1. The molecule has 0 fully saturated rings. The van der Waals surface area contributed by atoms with Crippen LogP contribution in [0, 0.1) is 0 Å². The topological polar surface area (TPSA) is 37.4 Å². The standard InChI is InChI=1S/C21H20F3NO2/c22-21(23,24)16-9-6-10-17(13-16)25-19-12-5-4-8-15(19)7-2-1-3-11-18(26)14-20(25)27/h4-6,8-10,12-13H,1-3,7,11,14H2. The molecule has 0 atom stereocenters. The predicted octanol–water partition coefficient (Wildman–Crippen LogP) is 5.45. The smallest absolute Gasteiger partial charge is 0.299 e. The zero-order valence-corrected chi connectivity index (χ0v) is 14.8. The molecule has 1 heterocycles. The van der Waals surface area contributed by atoms with Crippen LogP contribution < -0.4 is 4.90 Å². The second kappa shape index (κ2) is 7.94. The van der Waals surface area contributed by atoms with Crippen molar-refractivity contribution in [2.75, 3.05) is 4.90 Å². The molecule has 0 aliphatic carbocycles. The number of amides is 1. The lowest BCUT2D eigenvalue weighted by Crippen LogP contribution is -2.29. The molecule has 1 aliphatic rings. The van der Waals surface area contributed by atoms with E-state index in [0.29, 0.717) is 18.5 Å². The minimum atomic E-state index is -4.51. The molecule has 6 heteroatoms. The maximum atomic E-state index is 13.2. The number of hydrogen-bond acceptors (Lipinski definition) is 2. The molecule has 0 saturated heterocycles. The SMILES string of the molecule is O=C1CCCCCc2ccccc2N(c2cccc(C(F)(F)F)c2)C(=O)C1. The van der Waals surface area contributed by atoms with Crippen molar-refractivity contribution in [1.29, 1.82) is 0 Å². The lowest BCUT2D eigenvalue weighted by Gasteiger charge is -2.26. The highest BCUT2D eigenvalue weighted by atomic mass is 19.4. The second-order valence-electron chi connectivity index (χ2n) is 6.68. The quantitative estimate of drug-likeness (QED) is 0.622. The van der Waals surface area contributed by atoms with Gasteiger partial charge in [0.2, 0.25) is 5.91 Å². The molecule has 27 heavy (non-hydrogen) atoms. The molecule has 2 aromatic carbocycles. The number of ketones is 1. The summed E-state index contributed by atoms with van der Waals surface area (Å²) in [6, 6.07) is 11.9. The Labute approximate surface area is 155 Å². The van der Waals surface area contributed by atoms with Crippen molar-refractivity contribution in [1.82, 2.24) is 0 Å². The molecule has 3 nitrogen and oxygen atoms in total. The number of para-hydroxylation sites is 1. The Balaban J connectivity index is 2.11. The normalized spacial score (nSPS) is 16.6. The van der Waals surface area contributed by atoms with Crippen LogP contribution in [0.2, 0.25) is 0 Å². The first kappa shape index (κ1) is 19.1. The van der Waals surface area contributed by atoms with Gasteiger partial charge in [-0.05, 0) is 49.1 Å². The van der Waals surface area contributed by atoms with Gasteiger partial charge in [0.25, 0.3) is 0 Å². The van der Waals surface area contributed by atoms with Crippen molar-refractivity contribution in [3.63, 3.8) is 0 Å². The molecule has 0 bridgehead atoms. The maximum Gasteiger partial charge on any atom is 0.416 e. The number of hydrogen-bond donors (Lipinski definition) is 0. The molecule has 0 aromatic heterocycles. The number of anilines is 2. The Kier molecular flexibility index (Phi) is 5.63. The molecule has 0 unspecified atom stereocenters. The Morgan fingerprint density at radius 2 is 1.59 bits per heavy atom. The van der Waals surface area contributed by atoms with E-state index in [1.807, 2.05) is 12.1 Å². The van der Waals surface area contributed by atoms with E-state index in [2.05, 4.69) is 0 Å². The Morgan fingerprint density at radius 1 is 0.852 bits per heavy atom. The molecular weight excluding hydrogens is 355 g/mol. The molecule has 0 saturated carbocycles. The molecule has 0 N–H and O–H groups in total. The van der Waals surface area contributed by atoms with Crippen LogP contribution in [0.25, 0.3) is 0 Å². The third-order valence-corrected chi connectivity index (χ3v) is 4.66. The van der Waals surface area contributed by atoms with Crippen molar-refractivity contribution in [2.45, 2.75) is 44.7 Å².